The van der Waals surface area contributed by atoms with Crippen molar-refractivity contribution in [2.75, 3.05) is 13.7 Å². The van der Waals surface area contributed by atoms with E-state index in [0.717, 1.165) is 37.2 Å². The van der Waals surface area contributed by atoms with Gasteiger partial charge in [-0.25, -0.2) is 0 Å². The number of hydrogen-bond donors (Lipinski definition) is 1. The molecule has 0 aliphatic rings. The van der Waals surface area contributed by atoms with Crippen LogP contribution in [0.3, 0.4) is 0 Å². The molecule has 4 nitrogen and oxygen atoms in total. The first-order chi connectivity index (χ1) is 10.3. The summed E-state index contributed by atoms with van der Waals surface area (Å²) in [6.45, 7) is 6.24. The lowest BCUT2D eigenvalue weighted by Crippen LogP contribution is -2.26. The van der Waals surface area contributed by atoms with Crippen molar-refractivity contribution in [3.63, 3.8) is 0 Å². The van der Waals surface area contributed by atoms with Gasteiger partial charge in [-0.3, -0.25) is 4.68 Å². The van der Waals surface area contributed by atoms with E-state index >= 15 is 0 Å². The highest BCUT2D eigenvalue weighted by molar-refractivity contribution is 5.40. The number of para-hydroxylation sites is 1. The summed E-state index contributed by atoms with van der Waals surface area (Å²) in [5.74, 6) is 0.912. The van der Waals surface area contributed by atoms with Crippen molar-refractivity contribution in [1.82, 2.24) is 15.1 Å². The van der Waals surface area contributed by atoms with Gasteiger partial charge in [-0.2, -0.15) is 5.10 Å². The normalized spacial score (nSPS) is 12.3. The van der Waals surface area contributed by atoms with E-state index in [4.69, 9.17) is 4.74 Å². The van der Waals surface area contributed by atoms with Gasteiger partial charge in [-0.15, -0.1) is 0 Å². The molecule has 0 aliphatic heterocycles. The van der Waals surface area contributed by atoms with Crippen molar-refractivity contribution in [1.29, 1.82) is 0 Å². The minimum absolute atomic E-state index is 0.107. The van der Waals surface area contributed by atoms with Gasteiger partial charge in [-0.05, 0) is 31.5 Å². The first-order valence-electron chi connectivity index (χ1n) is 7.69. The third-order valence-electron chi connectivity index (χ3n) is 3.53. The molecule has 0 spiro atoms. The molecule has 0 bridgehead atoms. The Morgan fingerprint density at radius 3 is 2.71 bits per heavy atom. The van der Waals surface area contributed by atoms with Gasteiger partial charge in [0.2, 0.25) is 0 Å². The Labute approximate surface area is 127 Å². The maximum Gasteiger partial charge on any atom is 0.124 e. The Hall–Kier alpha value is -1.81. The van der Waals surface area contributed by atoms with E-state index in [1.807, 2.05) is 18.3 Å². The second-order valence-corrected chi connectivity index (χ2v) is 5.11. The van der Waals surface area contributed by atoms with Gasteiger partial charge in [0, 0.05) is 18.3 Å². The Balaban J connectivity index is 2.40. The second-order valence-electron chi connectivity index (χ2n) is 5.11. The van der Waals surface area contributed by atoms with Gasteiger partial charge in [0.15, 0.2) is 0 Å². The highest BCUT2D eigenvalue weighted by atomic mass is 16.5. The van der Waals surface area contributed by atoms with E-state index in [9.17, 15) is 0 Å². The van der Waals surface area contributed by atoms with E-state index in [1.54, 1.807) is 7.11 Å². The fourth-order valence-electron chi connectivity index (χ4n) is 2.55. The molecule has 1 aromatic carbocycles. The van der Waals surface area contributed by atoms with Gasteiger partial charge < -0.3 is 10.1 Å². The molecule has 2 rings (SSSR count). The van der Waals surface area contributed by atoms with Crippen LogP contribution in [0.4, 0.5) is 0 Å². The first kappa shape index (κ1) is 15.6. The molecule has 0 amide bonds. The van der Waals surface area contributed by atoms with E-state index in [1.165, 1.54) is 5.69 Å². The standard InChI is InChI=1S/C17H25N3O/c1-4-11-18-17(14-8-6-7-9-16(14)21-3)15-10-12-19-20(15)13-5-2/h6-10,12,17-18H,4-5,11,13H2,1-3H3. The number of methoxy groups -OCH3 is 1. The lowest BCUT2D eigenvalue weighted by molar-refractivity contribution is 0.401. The molecule has 1 unspecified atom stereocenters. The van der Waals surface area contributed by atoms with Crippen LogP contribution in [0.5, 0.6) is 5.75 Å². The van der Waals surface area contributed by atoms with Crippen LogP contribution in [0, 0.1) is 0 Å². The SMILES string of the molecule is CCCNC(c1ccccc1OC)c1ccnn1CCC. The van der Waals surface area contributed by atoms with Crippen molar-refractivity contribution in [3.05, 3.63) is 47.8 Å². The van der Waals surface area contributed by atoms with Crippen LogP contribution in [-0.2, 0) is 6.54 Å². The van der Waals surface area contributed by atoms with E-state index in [2.05, 4.69) is 47.1 Å². The minimum atomic E-state index is 0.107. The lowest BCUT2D eigenvalue weighted by atomic mass is 10.0. The Morgan fingerprint density at radius 2 is 2.00 bits per heavy atom. The summed E-state index contributed by atoms with van der Waals surface area (Å²) >= 11 is 0. The molecule has 0 radical (unpaired) electrons. The van der Waals surface area contributed by atoms with Gasteiger partial charge in [-0.1, -0.05) is 32.0 Å². The summed E-state index contributed by atoms with van der Waals surface area (Å²) in [5.41, 5.74) is 2.35. The van der Waals surface area contributed by atoms with Crippen LogP contribution in [0.1, 0.15) is 44.0 Å². The molecule has 0 aliphatic carbocycles. The molecule has 4 heteroatoms. The number of benzene rings is 1. The topological polar surface area (TPSA) is 39.1 Å². The maximum atomic E-state index is 5.53. The molecule has 2 aromatic rings. The van der Waals surface area contributed by atoms with E-state index in [-0.39, 0.29) is 6.04 Å². The maximum absolute atomic E-state index is 5.53. The van der Waals surface area contributed by atoms with Crippen molar-refractivity contribution in [2.45, 2.75) is 39.3 Å². The van der Waals surface area contributed by atoms with Crippen LogP contribution in [-0.4, -0.2) is 23.4 Å². The fraction of sp³-hybridized carbons (Fsp3) is 0.471. The van der Waals surface area contributed by atoms with E-state index < -0.39 is 0 Å². The summed E-state index contributed by atoms with van der Waals surface area (Å²) in [7, 11) is 1.72. The highest BCUT2D eigenvalue weighted by Gasteiger charge is 2.20. The van der Waals surface area contributed by atoms with Crippen LogP contribution >= 0.6 is 0 Å². The zero-order valence-corrected chi connectivity index (χ0v) is 13.2. The number of hydrogen-bond acceptors (Lipinski definition) is 3. The zero-order valence-electron chi connectivity index (χ0n) is 13.2. The predicted molar refractivity (Wildman–Crippen MR) is 85.6 cm³/mol. The van der Waals surface area contributed by atoms with Crippen molar-refractivity contribution < 1.29 is 4.74 Å². The summed E-state index contributed by atoms with van der Waals surface area (Å²) in [5, 5.41) is 8.07. The van der Waals surface area contributed by atoms with Crippen LogP contribution in [0.2, 0.25) is 0 Å². The molecular weight excluding hydrogens is 262 g/mol. The summed E-state index contributed by atoms with van der Waals surface area (Å²) < 4.78 is 7.62. The monoisotopic (exact) mass is 287 g/mol. The summed E-state index contributed by atoms with van der Waals surface area (Å²) in [4.78, 5) is 0. The molecule has 1 atom stereocenters. The Kier molecular flexibility index (Phi) is 5.81. The number of nitrogens with zero attached hydrogens (tertiary/aromatic N) is 2. The average molecular weight is 287 g/mol. The largest absolute Gasteiger partial charge is 0.496 e. The number of aromatic nitrogens is 2. The first-order valence-corrected chi connectivity index (χ1v) is 7.69. The molecule has 114 valence electrons. The van der Waals surface area contributed by atoms with Gasteiger partial charge in [0.1, 0.15) is 5.75 Å². The summed E-state index contributed by atoms with van der Waals surface area (Å²) in [6.07, 6.45) is 4.04. The smallest absolute Gasteiger partial charge is 0.124 e. The Bertz CT molecular complexity index is 550. The average Bonchev–Trinajstić information content (AvgIpc) is 2.97. The number of rotatable bonds is 8. The van der Waals surface area contributed by atoms with Gasteiger partial charge in [0.25, 0.3) is 0 Å². The molecule has 21 heavy (non-hydrogen) atoms. The predicted octanol–water partition coefficient (Wildman–Crippen LogP) is 3.39. The van der Waals surface area contributed by atoms with Crippen LogP contribution in [0.15, 0.2) is 36.5 Å². The number of aryl methyl sites for hydroxylation is 1. The van der Waals surface area contributed by atoms with Crippen LogP contribution in [0.25, 0.3) is 0 Å². The van der Waals surface area contributed by atoms with E-state index in [0.29, 0.717) is 0 Å². The Morgan fingerprint density at radius 1 is 1.19 bits per heavy atom. The quantitative estimate of drug-likeness (QED) is 0.809. The fourth-order valence-corrected chi connectivity index (χ4v) is 2.55. The molecule has 0 saturated heterocycles. The second kappa shape index (κ2) is 7.84. The minimum Gasteiger partial charge on any atom is -0.496 e. The van der Waals surface area contributed by atoms with Gasteiger partial charge in [0.05, 0.1) is 18.8 Å². The molecule has 1 N–H and O–H groups in total. The highest BCUT2D eigenvalue weighted by Crippen LogP contribution is 2.29. The van der Waals surface area contributed by atoms with Gasteiger partial charge >= 0.3 is 0 Å². The molecule has 1 aromatic heterocycles. The van der Waals surface area contributed by atoms with Crippen molar-refractivity contribution in [3.8, 4) is 5.75 Å². The molecule has 1 heterocycles. The molecular formula is C17H25N3O. The summed E-state index contributed by atoms with van der Waals surface area (Å²) in [6, 6.07) is 10.4. The van der Waals surface area contributed by atoms with Crippen molar-refractivity contribution >= 4 is 0 Å². The van der Waals surface area contributed by atoms with Crippen LogP contribution < -0.4 is 10.1 Å². The molecule has 0 saturated carbocycles. The number of nitrogens with one attached hydrogen (secondary N) is 1. The lowest BCUT2D eigenvalue weighted by Gasteiger charge is -2.22. The third-order valence-corrected chi connectivity index (χ3v) is 3.53. The number of ether oxygens (including phenoxy) is 1. The zero-order chi connectivity index (χ0) is 15.1. The third kappa shape index (κ3) is 3.64. The molecule has 0 fully saturated rings. The van der Waals surface area contributed by atoms with Crippen molar-refractivity contribution in [2.24, 2.45) is 0 Å².